The molecule has 35 heavy (non-hydrogen) atoms. The number of hydrogen-bond acceptors (Lipinski definition) is 5. The normalized spacial score (nSPS) is 15.5. The Hall–Kier alpha value is -3.34. The fourth-order valence-electron chi connectivity index (χ4n) is 3.60. The van der Waals surface area contributed by atoms with Gasteiger partial charge in [0.15, 0.2) is 23.2 Å². The molecule has 1 aliphatic rings. The first-order valence-electron chi connectivity index (χ1n) is 10.5. The molecule has 2 aromatic carbocycles. The van der Waals surface area contributed by atoms with Crippen LogP contribution < -0.4 is 14.8 Å². The summed E-state index contributed by atoms with van der Waals surface area (Å²) in [5.41, 5.74) is 0.252. The number of methoxy groups -OCH3 is 1. The average molecular weight is 517 g/mol. The van der Waals surface area contributed by atoms with E-state index >= 15 is 0 Å². The molecule has 0 unspecified atom stereocenters. The van der Waals surface area contributed by atoms with Crippen molar-refractivity contribution < 1.29 is 41.4 Å². The van der Waals surface area contributed by atoms with Crippen LogP contribution in [0.1, 0.15) is 23.2 Å². The molecule has 0 bridgehead atoms. The second kappa shape index (κ2) is 11.4. The number of nitrogens with one attached hydrogen (secondary N) is 1. The number of ether oxygens (including phenoxy) is 2. The molecule has 7 nitrogen and oxygen atoms in total. The maximum atomic E-state index is 13.6. The first kappa shape index (κ1) is 26.3. The molecule has 1 N–H and O–H groups in total. The van der Waals surface area contributed by atoms with Crippen LogP contribution in [0.5, 0.6) is 11.5 Å². The number of hydrogen-bond donors (Lipinski definition) is 1. The van der Waals surface area contributed by atoms with Crippen LogP contribution in [-0.2, 0) is 9.59 Å². The van der Waals surface area contributed by atoms with E-state index in [9.17, 15) is 31.9 Å². The van der Waals surface area contributed by atoms with Crippen LogP contribution in [0.3, 0.4) is 0 Å². The Labute approximate surface area is 202 Å². The van der Waals surface area contributed by atoms with Crippen molar-refractivity contribution in [3.63, 3.8) is 0 Å². The van der Waals surface area contributed by atoms with Gasteiger partial charge in [0.2, 0.25) is 17.5 Å². The summed E-state index contributed by atoms with van der Waals surface area (Å²) in [5.74, 6) is -10.2. The topological polar surface area (TPSA) is 84.9 Å². The van der Waals surface area contributed by atoms with Gasteiger partial charge in [0.1, 0.15) is 12.4 Å². The van der Waals surface area contributed by atoms with E-state index in [1.54, 1.807) is 12.1 Å². The summed E-state index contributed by atoms with van der Waals surface area (Å²) in [6.07, 6.45) is 0.999. The SMILES string of the molecule is COc1ccc(Cl)cc1C(=O)N1CCC[C@H](C(=O)NCC(=O)COc2c(F)c(F)cc(F)c2F)C1. The van der Waals surface area contributed by atoms with Crippen LogP contribution in [0.4, 0.5) is 17.6 Å². The van der Waals surface area contributed by atoms with Crippen molar-refractivity contribution >= 4 is 29.2 Å². The molecular formula is C23H21ClF4N2O5. The maximum Gasteiger partial charge on any atom is 0.257 e. The van der Waals surface area contributed by atoms with Gasteiger partial charge >= 0.3 is 0 Å². The van der Waals surface area contributed by atoms with E-state index < -0.39 is 59.8 Å². The number of carbonyl (C=O) groups excluding carboxylic acids is 3. The lowest BCUT2D eigenvalue weighted by Gasteiger charge is -2.32. The molecule has 1 aliphatic heterocycles. The van der Waals surface area contributed by atoms with Gasteiger partial charge in [-0.1, -0.05) is 11.6 Å². The second-order valence-electron chi connectivity index (χ2n) is 7.78. The summed E-state index contributed by atoms with van der Waals surface area (Å²) in [6, 6.07) is 4.63. The molecule has 3 rings (SSSR count). The quantitative estimate of drug-likeness (QED) is 0.429. The highest BCUT2D eigenvalue weighted by molar-refractivity contribution is 6.31. The molecule has 0 aliphatic carbocycles. The van der Waals surface area contributed by atoms with Crippen molar-refractivity contribution in [3.8, 4) is 11.5 Å². The molecule has 0 aromatic heterocycles. The van der Waals surface area contributed by atoms with E-state index in [2.05, 4.69) is 10.1 Å². The van der Waals surface area contributed by atoms with Crippen molar-refractivity contribution in [1.29, 1.82) is 0 Å². The number of amides is 2. The van der Waals surface area contributed by atoms with Gasteiger partial charge in [-0.05, 0) is 31.0 Å². The minimum atomic E-state index is -1.77. The zero-order valence-corrected chi connectivity index (χ0v) is 19.3. The molecule has 1 atom stereocenters. The predicted octanol–water partition coefficient (Wildman–Crippen LogP) is 3.52. The Bertz CT molecular complexity index is 1120. The van der Waals surface area contributed by atoms with E-state index in [0.717, 1.165) is 0 Å². The minimum absolute atomic E-state index is 0.0141. The first-order chi connectivity index (χ1) is 16.6. The lowest BCUT2D eigenvalue weighted by molar-refractivity contribution is -0.129. The van der Waals surface area contributed by atoms with Crippen LogP contribution in [0.15, 0.2) is 24.3 Å². The van der Waals surface area contributed by atoms with Crippen molar-refractivity contribution in [2.45, 2.75) is 12.8 Å². The van der Waals surface area contributed by atoms with Crippen LogP contribution in [0.2, 0.25) is 5.02 Å². The number of piperidine rings is 1. The number of rotatable bonds is 8. The van der Waals surface area contributed by atoms with Gasteiger partial charge in [-0.3, -0.25) is 14.4 Å². The summed E-state index contributed by atoms with van der Waals surface area (Å²) in [6.45, 7) is -0.982. The fourth-order valence-corrected chi connectivity index (χ4v) is 3.78. The summed E-state index contributed by atoms with van der Waals surface area (Å²) >= 11 is 5.99. The molecule has 12 heteroatoms. The smallest absolute Gasteiger partial charge is 0.257 e. The molecule has 0 saturated carbocycles. The van der Waals surface area contributed by atoms with E-state index in [4.69, 9.17) is 16.3 Å². The largest absolute Gasteiger partial charge is 0.496 e. The van der Waals surface area contributed by atoms with E-state index in [1.807, 2.05) is 0 Å². The highest BCUT2D eigenvalue weighted by atomic mass is 35.5. The Morgan fingerprint density at radius 3 is 2.46 bits per heavy atom. The van der Waals surface area contributed by atoms with Gasteiger partial charge in [-0.25, -0.2) is 8.78 Å². The molecule has 1 heterocycles. The monoisotopic (exact) mass is 516 g/mol. The molecule has 0 radical (unpaired) electrons. The molecule has 188 valence electrons. The van der Waals surface area contributed by atoms with Gasteiger partial charge in [0.25, 0.3) is 5.91 Å². The zero-order valence-electron chi connectivity index (χ0n) is 18.5. The Kier molecular flexibility index (Phi) is 8.55. The third-order valence-electron chi connectivity index (χ3n) is 5.38. The van der Waals surface area contributed by atoms with Gasteiger partial charge in [0, 0.05) is 24.2 Å². The number of nitrogens with zero attached hydrogens (tertiary/aromatic N) is 1. The van der Waals surface area contributed by atoms with Gasteiger partial charge < -0.3 is 19.7 Å². The number of carbonyl (C=O) groups is 3. The van der Waals surface area contributed by atoms with Crippen LogP contribution in [-0.4, -0.2) is 55.8 Å². The summed E-state index contributed by atoms with van der Waals surface area (Å²) < 4.78 is 63.5. The van der Waals surface area contributed by atoms with Crippen LogP contribution >= 0.6 is 11.6 Å². The van der Waals surface area contributed by atoms with Gasteiger partial charge in [0.05, 0.1) is 25.1 Å². The minimum Gasteiger partial charge on any atom is -0.496 e. The molecule has 1 saturated heterocycles. The van der Waals surface area contributed by atoms with Crippen molar-refractivity contribution in [2.75, 3.05) is 33.4 Å². The summed E-state index contributed by atoms with van der Waals surface area (Å²) in [4.78, 5) is 39.0. The zero-order chi connectivity index (χ0) is 25.7. The van der Waals surface area contributed by atoms with Crippen molar-refractivity contribution in [2.24, 2.45) is 5.92 Å². The summed E-state index contributed by atoms with van der Waals surface area (Å²) in [7, 11) is 1.42. The number of halogens is 5. The van der Waals surface area contributed by atoms with E-state index in [-0.39, 0.29) is 24.1 Å². The first-order valence-corrected chi connectivity index (χ1v) is 10.9. The number of benzene rings is 2. The Morgan fingerprint density at radius 2 is 1.80 bits per heavy atom. The molecule has 0 spiro atoms. The van der Waals surface area contributed by atoms with E-state index in [1.165, 1.54) is 18.1 Å². The standard InChI is InChI=1S/C23H21ClF4N2O5/c1-34-18-5-4-13(24)7-15(18)23(33)30-6-2-3-12(10-30)22(32)29-9-14(31)11-35-21-19(27)16(25)8-17(26)20(21)28/h4-5,7-8,12H,2-3,6,9-11H2,1H3,(H,29,32)/t12-/m0/s1. The van der Waals surface area contributed by atoms with E-state index in [0.29, 0.717) is 30.2 Å². The van der Waals surface area contributed by atoms with Crippen LogP contribution in [0, 0.1) is 29.2 Å². The molecule has 2 aromatic rings. The molecular weight excluding hydrogens is 496 g/mol. The lowest BCUT2D eigenvalue weighted by atomic mass is 9.96. The van der Waals surface area contributed by atoms with Crippen molar-refractivity contribution in [1.82, 2.24) is 10.2 Å². The fraction of sp³-hybridized carbons (Fsp3) is 0.348. The highest BCUT2D eigenvalue weighted by Gasteiger charge is 2.30. The number of Topliss-reactive ketones (excluding diaryl/α,β-unsaturated/α-hetero) is 1. The summed E-state index contributed by atoms with van der Waals surface area (Å²) in [5, 5.41) is 2.73. The maximum absolute atomic E-state index is 13.6. The third kappa shape index (κ3) is 6.21. The van der Waals surface area contributed by atoms with Gasteiger partial charge in [-0.2, -0.15) is 8.78 Å². The Morgan fingerprint density at radius 1 is 1.11 bits per heavy atom. The molecule has 2 amide bonds. The van der Waals surface area contributed by atoms with Crippen LogP contribution in [0.25, 0.3) is 0 Å². The number of likely N-dealkylation sites (tertiary alicyclic amines) is 1. The highest BCUT2D eigenvalue weighted by Crippen LogP contribution is 2.27. The predicted molar refractivity (Wildman–Crippen MR) is 116 cm³/mol. The lowest BCUT2D eigenvalue weighted by Crippen LogP contribution is -2.46. The molecule has 1 fully saturated rings. The number of ketones is 1. The third-order valence-corrected chi connectivity index (χ3v) is 5.62. The average Bonchev–Trinajstić information content (AvgIpc) is 2.85. The van der Waals surface area contributed by atoms with Crippen molar-refractivity contribution in [3.05, 3.63) is 58.1 Å². The second-order valence-corrected chi connectivity index (χ2v) is 8.21. The van der Waals surface area contributed by atoms with Gasteiger partial charge in [-0.15, -0.1) is 0 Å². The Balaban J connectivity index is 1.55.